The van der Waals surface area contributed by atoms with Crippen LogP contribution in [0.3, 0.4) is 0 Å². The first-order chi connectivity index (χ1) is 12.4. The Labute approximate surface area is 155 Å². The van der Waals surface area contributed by atoms with Gasteiger partial charge in [-0.3, -0.25) is 14.9 Å². The minimum Gasteiger partial charge on any atom is -0.500 e. The van der Waals surface area contributed by atoms with Gasteiger partial charge in [-0.2, -0.15) is 0 Å². The molecule has 0 fully saturated rings. The van der Waals surface area contributed by atoms with Crippen LogP contribution >= 0.6 is 12.2 Å². The van der Waals surface area contributed by atoms with E-state index < -0.39 is 22.4 Å². The molecule has 0 aromatic heterocycles. The molecule has 1 aromatic rings. The maximum Gasteiger partial charge on any atom is 0.315 e. The first-order valence-corrected chi connectivity index (χ1v) is 8.69. The van der Waals surface area contributed by atoms with Crippen LogP contribution in [0.25, 0.3) is 0 Å². The lowest BCUT2D eigenvalue weighted by Gasteiger charge is -2.40. The summed E-state index contributed by atoms with van der Waals surface area (Å²) in [5.74, 6) is -0.566. The molecule has 2 N–H and O–H groups in total. The van der Waals surface area contributed by atoms with Crippen LogP contribution in [-0.4, -0.2) is 39.5 Å². The Balaban J connectivity index is 2.19. The summed E-state index contributed by atoms with van der Waals surface area (Å²) in [4.78, 5) is 25.1. The lowest BCUT2D eigenvalue weighted by molar-refractivity contribution is -0.386. The number of nitro benzene ring substituents is 1. The molecule has 0 spiro atoms. The third-order valence-corrected chi connectivity index (χ3v) is 5.04. The molecule has 0 saturated carbocycles. The van der Waals surface area contributed by atoms with Crippen molar-refractivity contribution in [3.8, 4) is 11.5 Å². The Hall–Kier alpha value is -2.68. The number of carbonyl (C=O) groups is 1. The number of aromatic hydroxyl groups is 1. The predicted molar refractivity (Wildman–Crippen MR) is 98.1 cm³/mol. The van der Waals surface area contributed by atoms with Crippen molar-refractivity contribution in [2.45, 2.75) is 32.2 Å². The maximum atomic E-state index is 12.6. The smallest absolute Gasteiger partial charge is 0.315 e. The van der Waals surface area contributed by atoms with Crippen LogP contribution in [0, 0.1) is 10.1 Å². The van der Waals surface area contributed by atoms with Gasteiger partial charge in [-0.25, -0.2) is 0 Å². The summed E-state index contributed by atoms with van der Waals surface area (Å²) < 4.78 is 5.07. The molecule has 0 bridgehead atoms. The fraction of sp³-hybridized carbons (Fsp3) is 0.412. The van der Waals surface area contributed by atoms with Gasteiger partial charge in [-0.05, 0) is 43.6 Å². The zero-order valence-corrected chi connectivity index (χ0v) is 15.3. The highest BCUT2D eigenvalue weighted by molar-refractivity contribution is 7.80. The highest BCUT2D eigenvalue weighted by atomic mass is 32.1. The summed E-state index contributed by atoms with van der Waals surface area (Å²) in [5.41, 5.74) is 1.42. The Morgan fingerprint density at radius 3 is 2.81 bits per heavy atom. The summed E-state index contributed by atoms with van der Waals surface area (Å²) in [6.45, 7) is 2.58. The van der Waals surface area contributed by atoms with Crippen molar-refractivity contribution >= 4 is 28.8 Å². The predicted octanol–water partition coefficient (Wildman–Crippen LogP) is 2.57. The van der Waals surface area contributed by atoms with E-state index in [4.69, 9.17) is 17.0 Å². The number of rotatable bonds is 4. The fourth-order valence-electron chi connectivity index (χ4n) is 3.51. The van der Waals surface area contributed by atoms with E-state index in [0.29, 0.717) is 29.2 Å². The van der Waals surface area contributed by atoms with E-state index in [-0.39, 0.29) is 11.5 Å². The number of thiocarbonyl (C=S) groups is 1. The number of hydrogen-bond donors (Lipinski definition) is 2. The van der Waals surface area contributed by atoms with E-state index in [9.17, 15) is 20.0 Å². The Bertz CT molecular complexity index is 836. The third-order valence-electron chi connectivity index (χ3n) is 4.70. The number of methoxy groups -OCH3 is 1. The number of carbonyl (C=O) groups excluding carboxylic acids is 1. The highest BCUT2D eigenvalue weighted by Crippen LogP contribution is 2.43. The van der Waals surface area contributed by atoms with Crippen molar-refractivity contribution in [2.75, 3.05) is 13.7 Å². The van der Waals surface area contributed by atoms with E-state index >= 15 is 0 Å². The van der Waals surface area contributed by atoms with Crippen LogP contribution in [0.15, 0.2) is 23.4 Å². The molecule has 0 saturated heterocycles. The molecular weight excluding hydrogens is 358 g/mol. The van der Waals surface area contributed by atoms with E-state index in [1.54, 1.807) is 0 Å². The van der Waals surface area contributed by atoms with Crippen molar-refractivity contribution < 1.29 is 19.6 Å². The largest absolute Gasteiger partial charge is 0.500 e. The summed E-state index contributed by atoms with van der Waals surface area (Å²) in [6, 6.07) is 2.14. The lowest BCUT2D eigenvalue weighted by atomic mass is 9.84. The first-order valence-electron chi connectivity index (χ1n) is 8.28. The Kier molecular flexibility index (Phi) is 4.82. The van der Waals surface area contributed by atoms with Gasteiger partial charge in [0, 0.05) is 30.3 Å². The van der Waals surface area contributed by atoms with E-state index in [1.165, 1.54) is 19.2 Å². The second-order valence-corrected chi connectivity index (χ2v) is 6.50. The average molecular weight is 377 g/mol. The molecule has 0 amide bonds. The average Bonchev–Trinajstić information content (AvgIpc) is 2.61. The van der Waals surface area contributed by atoms with Gasteiger partial charge >= 0.3 is 5.69 Å². The molecule has 1 atom stereocenters. The van der Waals surface area contributed by atoms with Gasteiger partial charge in [0.05, 0.1) is 18.1 Å². The number of phenolic OH excluding ortho intramolecular Hbond substituents is 1. The van der Waals surface area contributed by atoms with Crippen molar-refractivity contribution in [1.82, 2.24) is 10.2 Å². The minimum absolute atomic E-state index is 0.000560. The molecule has 138 valence electrons. The van der Waals surface area contributed by atoms with E-state index in [0.717, 1.165) is 18.5 Å². The van der Waals surface area contributed by atoms with Gasteiger partial charge in [0.15, 0.2) is 16.6 Å². The molecule has 1 aliphatic carbocycles. The number of nitro groups is 1. The fourth-order valence-corrected chi connectivity index (χ4v) is 3.87. The third kappa shape index (κ3) is 2.88. The van der Waals surface area contributed by atoms with Gasteiger partial charge in [-0.1, -0.05) is 0 Å². The molecule has 9 heteroatoms. The first kappa shape index (κ1) is 18.1. The number of phenols is 1. The lowest BCUT2D eigenvalue weighted by Crippen LogP contribution is -2.49. The summed E-state index contributed by atoms with van der Waals surface area (Å²) in [6.07, 6.45) is 1.91. The monoisotopic (exact) mass is 377 g/mol. The van der Waals surface area contributed by atoms with Gasteiger partial charge in [0.1, 0.15) is 0 Å². The van der Waals surface area contributed by atoms with E-state index in [1.807, 2.05) is 11.8 Å². The number of benzene rings is 1. The van der Waals surface area contributed by atoms with Crippen molar-refractivity contribution in [1.29, 1.82) is 0 Å². The molecule has 1 aliphatic heterocycles. The number of nitrogens with zero attached hydrogens (tertiary/aromatic N) is 2. The molecule has 0 radical (unpaired) electrons. The summed E-state index contributed by atoms with van der Waals surface area (Å²) >= 11 is 5.44. The van der Waals surface area contributed by atoms with E-state index in [2.05, 4.69) is 5.32 Å². The SMILES string of the molecule is CCN1C(=S)NC(c2cc(OC)c(O)c([N+](=O)[O-])c2)C2=C1CCCC2=O. The number of ether oxygens (including phenoxy) is 1. The topological polar surface area (TPSA) is 105 Å². The van der Waals surface area contributed by atoms with Gasteiger partial charge in [-0.15, -0.1) is 0 Å². The molecule has 1 unspecified atom stereocenters. The zero-order valence-electron chi connectivity index (χ0n) is 14.4. The quantitative estimate of drug-likeness (QED) is 0.469. The number of allylic oxidation sites excluding steroid dienone is 1. The van der Waals surface area contributed by atoms with Crippen molar-refractivity contribution in [2.24, 2.45) is 0 Å². The molecule has 1 aromatic carbocycles. The minimum atomic E-state index is -0.682. The highest BCUT2D eigenvalue weighted by Gasteiger charge is 2.38. The van der Waals surface area contributed by atoms with Gasteiger partial charge in [0.25, 0.3) is 0 Å². The molecule has 1 heterocycles. The Morgan fingerprint density at radius 2 is 2.19 bits per heavy atom. The van der Waals surface area contributed by atoms with Crippen LogP contribution in [0.4, 0.5) is 5.69 Å². The standard InChI is InChI=1S/C17H19N3O5S/c1-3-19-10-5-4-6-12(21)14(10)15(18-17(19)26)9-7-11(20(23)24)16(22)13(8-9)25-2/h7-8,15,22H,3-6H2,1-2H3,(H,18,26). The van der Waals surface area contributed by atoms with Crippen LogP contribution in [-0.2, 0) is 4.79 Å². The number of hydrogen-bond acceptors (Lipinski definition) is 6. The van der Waals surface area contributed by atoms with Crippen LogP contribution in [0.5, 0.6) is 11.5 Å². The van der Waals surface area contributed by atoms with Crippen LogP contribution in [0.2, 0.25) is 0 Å². The molecule has 26 heavy (non-hydrogen) atoms. The summed E-state index contributed by atoms with van der Waals surface area (Å²) in [7, 11) is 1.32. The molecule has 8 nitrogen and oxygen atoms in total. The number of Topliss-reactive ketones (excluding diaryl/α,β-unsaturated/α-hetero) is 1. The number of nitrogens with one attached hydrogen (secondary N) is 1. The molecule has 2 aliphatic rings. The normalized spacial score (nSPS) is 19.9. The summed E-state index contributed by atoms with van der Waals surface area (Å²) in [5, 5.41) is 24.9. The maximum absolute atomic E-state index is 12.6. The van der Waals surface area contributed by atoms with Crippen molar-refractivity contribution in [3.05, 3.63) is 39.1 Å². The Morgan fingerprint density at radius 1 is 1.46 bits per heavy atom. The molecular formula is C17H19N3O5S. The second-order valence-electron chi connectivity index (χ2n) is 6.11. The number of ketones is 1. The van der Waals surface area contributed by atoms with Crippen molar-refractivity contribution in [3.63, 3.8) is 0 Å². The van der Waals surface area contributed by atoms with Crippen LogP contribution < -0.4 is 10.1 Å². The zero-order chi connectivity index (χ0) is 19.0. The molecule has 3 rings (SSSR count). The van der Waals surface area contributed by atoms with Gasteiger partial charge < -0.3 is 20.1 Å². The second kappa shape index (κ2) is 6.91. The van der Waals surface area contributed by atoms with Gasteiger partial charge in [0.2, 0.25) is 5.75 Å². The van der Waals surface area contributed by atoms with Crippen LogP contribution in [0.1, 0.15) is 37.8 Å².